The molecule has 4 heteroatoms. The van der Waals surface area contributed by atoms with Crippen molar-refractivity contribution < 1.29 is 9.18 Å². The van der Waals surface area contributed by atoms with Gasteiger partial charge in [-0.25, -0.2) is 9.82 Å². The Morgan fingerprint density at radius 3 is 2.57 bits per heavy atom. The minimum atomic E-state index is -0.317. The number of hydrogen-bond acceptors (Lipinski definition) is 2. The molecule has 114 valence electrons. The summed E-state index contributed by atoms with van der Waals surface area (Å²) in [5.41, 5.74) is 4.17. The van der Waals surface area contributed by atoms with E-state index in [0.29, 0.717) is 0 Å². The number of benzene rings is 3. The van der Waals surface area contributed by atoms with E-state index >= 15 is 0 Å². The fourth-order valence-corrected chi connectivity index (χ4v) is 2.36. The topological polar surface area (TPSA) is 41.5 Å². The van der Waals surface area contributed by atoms with Gasteiger partial charge in [-0.05, 0) is 28.5 Å². The average molecular weight is 306 g/mol. The summed E-state index contributed by atoms with van der Waals surface area (Å²) in [6.45, 7) is 0. The summed E-state index contributed by atoms with van der Waals surface area (Å²) in [6, 6.07) is 19.7. The molecule has 3 rings (SSSR count). The second kappa shape index (κ2) is 6.83. The highest BCUT2D eigenvalue weighted by Crippen LogP contribution is 2.16. The molecule has 1 amide bonds. The minimum Gasteiger partial charge on any atom is -0.273 e. The van der Waals surface area contributed by atoms with Crippen molar-refractivity contribution in [2.75, 3.05) is 0 Å². The number of fused-ring (bicyclic) bond motifs is 1. The van der Waals surface area contributed by atoms with Crippen molar-refractivity contribution in [3.05, 3.63) is 83.7 Å². The summed E-state index contributed by atoms with van der Waals surface area (Å²) in [7, 11) is 0. The molecule has 0 bridgehead atoms. The molecule has 0 saturated carbocycles. The smallest absolute Gasteiger partial charge is 0.244 e. The lowest BCUT2D eigenvalue weighted by molar-refractivity contribution is -0.120. The van der Waals surface area contributed by atoms with Gasteiger partial charge >= 0.3 is 0 Å². The van der Waals surface area contributed by atoms with Crippen LogP contribution in [0.1, 0.15) is 11.1 Å². The molecule has 0 aromatic heterocycles. The van der Waals surface area contributed by atoms with Crippen molar-refractivity contribution in [2.45, 2.75) is 6.42 Å². The number of nitrogens with zero attached hydrogens (tertiary/aromatic N) is 1. The molecular formula is C19H15FN2O. The molecule has 1 N–H and O–H groups in total. The highest BCUT2D eigenvalue weighted by Gasteiger charge is 2.02. The quantitative estimate of drug-likeness (QED) is 0.580. The van der Waals surface area contributed by atoms with Crippen LogP contribution < -0.4 is 5.43 Å². The zero-order valence-electron chi connectivity index (χ0n) is 12.4. The molecule has 0 aliphatic rings. The van der Waals surface area contributed by atoms with Gasteiger partial charge in [-0.1, -0.05) is 54.6 Å². The summed E-state index contributed by atoms with van der Waals surface area (Å²) >= 11 is 0. The number of carbonyl (C=O) groups is 1. The van der Waals surface area contributed by atoms with E-state index in [9.17, 15) is 9.18 Å². The Labute approximate surface area is 133 Å². The van der Waals surface area contributed by atoms with Crippen molar-refractivity contribution in [1.82, 2.24) is 5.43 Å². The van der Waals surface area contributed by atoms with E-state index in [0.717, 1.165) is 21.9 Å². The number of amides is 1. The van der Waals surface area contributed by atoms with Crippen molar-refractivity contribution in [1.29, 1.82) is 0 Å². The van der Waals surface area contributed by atoms with Crippen molar-refractivity contribution in [3.8, 4) is 0 Å². The molecular weight excluding hydrogens is 291 g/mol. The van der Waals surface area contributed by atoms with Crippen molar-refractivity contribution >= 4 is 22.9 Å². The van der Waals surface area contributed by atoms with Crippen LogP contribution in [0, 0.1) is 5.82 Å². The van der Waals surface area contributed by atoms with Crippen LogP contribution in [-0.2, 0) is 11.2 Å². The molecule has 0 fully saturated rings. The molecule has 0 aliphatic carbocycles. The number of rotatable bonds is 4. The maximum absolute atomic E-state index is 12.8. The fourth-order valence-electron chi connectivity index (χ4n) is 2.36. The molecule has 3 aromatic carbocycles. The molecule has 0 radical (unpaired) electrons. The van der Waals surface area contributed by atoms with E-state index in [-0.39, 0.29) is 18.1 Å². The molecule has 0 atom stereocenters. The third-order valence-electron chi connectivity index (χ3n) is 3.49. The predicted octanol–water partition coefficient (Wildman–Crippen LogP) is 3.67. The molecule has 0 spiro atoms. The molecule has 3 aromatic rings. The van der Waals surface area contributed by atoms with Crippen molar-refractivity contribution in [3.63, 3.8) is 0 Å². The zero-order chi connectivity index (χ0) is 16.1. The van der Waals surface area contributed by atoms with Crippen LogP contribution in [0.2, 0.25) is 0 Å². The van der Waals surface area contributed by atoms with Crippen LogP contribution in [-0.4, -0.2) is 12.1 Å². The van der Waals surface area contributed by atoms with Gasteiger partial charge in [-0.2, -0.15) is 5.10 Å². The monoisotopic (exact) mass is 306 g/mol. The lowest BCUT2D eigenvalue weighted by Gasteiger charge is -2.02. The Hall–Kier alpha value is -3.01. The first-order chi connectivity index (χ1) is 11.2. The molecule has 0 aliphatic heterocycles. The number of carbonyl (C=O) groups excluding carboxylic acids is 1. The molecule has 23 heavy (non-hydrogen) atoms. The Bertz CT molecular complexity index is 851. The first-order valence-corrected chi connectivity index (χ1v) is 7.26. The van der Waals surface area contributed by atoms with E-state index in [1.54, 1.807) is 18.3 Å². The Morgan fingerprint density at radius 2 is 1.74 bits per heavy atom. The third-order valence-corrected chi connectivity index (χ3v) is 3.49. The molecule has 3 nitrogen and oxygen atoms in total. The second-order valence-electron chi connectivity index (χ2n) is 5.16. The van der Waals surface area contributed by atoms with Gasteiger partial charge in [0.05, 0.1) is 12.6 Å². The maximum atomic E-state index is 12.8. The minimum absolute atomic E-state index is 0.160. The van der Waals surface area contributed by atoms with Gasteiger partial charge < -0.3 is 0 Å². The maximum Gasteiger partial charge on any atom is 0.244 e. The van der Waals surface area contributed by atoms with E-state index in [2.05, 4.69) is 10.5 Å². The van der Waals surface area contributed by atoms with Crippen LogP contribution in [0.3, 0.4) is 0 Å². The van der Waals surface area contributed by atoms with E-state index in [1.807, 2.05) is 42.5 Å². The summed E-state index contributed by atoms with van der Waals surface area (Å²) < 4.78 is 12.8. The predicted molar refractivity (Wildman–Crippen MR) is 89.8 cm³/mol. The Balaban J connectivity index is 1.66. The Morgan fingerprint density at radius 1 is 1.00 bits per heavy atom. The molecule has 0 heterocycles. The number of halogens is 1. The van der Waals surface area contributed by atoms with Crippen LogP contribution in [0.15, 0.2) is 71.8 Å². The van der Waals surface area contributed by atoms with Crippen LogP contribution in [0.25, 0.3) is 10.8 Å². The van der Waals surface area contributed by atoms with Gasteiger partial charge in [0.25, 0.3) is 0 Å². The number of nitrogens with one attached hydrogen (secondary N) is 1. The fraction of sp³-hybridized carbons (Fsp3) is 0.0526. The van der Waals surface area contributed by atoms with E-state index in [4.69, 9.17) is 0 Å². The average Bonchev–Trinajstić information content (AvgIpc) is 2.57. The molecule has 0 saturated heterocycles. The lowest BCUT2D eigenvalue weighted by Crippen LogP contribution is -2.19. The van der Waals surface area contributed by atoms with E-state index < -0.39 is 0 Å². The van der Waals surface area contributed by atoms with Gasteiger partial charge in [-0.3, -0.25) is 4.79 Å². The largest absolute Gasteiger partial charge is 0.273 e. The van der Waals surface area contributed by atoms with Crippen LogP contribution in [0.5, 0.6) is 0 Å². The Kier molecular flexibility index (Phi) is 4.43. The number of hydrazone groups is 1. The SMILES string of the molecule is O=C(Cc1ccc(F)cc1)N/N=C\c1cccc2ccccc12. The van der Waals surface area contributed by atoms with Gasteiger partial charge in [0.1, 0.15) is 5.82 Å². The zero-order valence-corrected chi connectivity index (χ0v) is 12.4. The van der Waals surface area contributed by atoms with Gasteiger partial charge in [0, 0.05) is 5.56 Å². The van der Waals surface area contributed by atoms with Gasteiger partial charge in [-0.15, -0.1) is 0 Å². The van der Waals surface area contributed by atoms with Crippen LogP contribution >= 0.6 is 0 Å². The second-order valence-corrected chi connectivity index (χ2v) is 5.16. The lowest BCUT2D eigenvalue weighted by atomic mass is 10.1. The summed E-state index contributed by atoms with van der Waals surface area (Å²) in [5, 5.41) is 6.20. The third kappa shape index (κ3) is 3.80. The van der Waals surface area contributed by atoms with E-state index in [1.165, 1.54) is 12.1 Å². The summed E-state index contributed by atoms with van der Waals surface area (Å²) in [6.07, 6.45) is 1.79. The highest BCUT2D eigenvalue weighted by molar-refractivity contribution is 5.99. The van der Waals surface area contributed by atoms with Crippen molar-refractivity contribution in [2.24, 2.45) is 5.10 Å². The standard InChI is InChI=1S/C19H15FN2O/c20-17-10-8-14(9-11-17)12-19(23)22-21-13-16-6-3-5-15-4-1-2-7-18(15)16/h1-11,13H,12H2,(H,22,23)/b21-13-. The number of hydrogen-bond donors (Lipinski definition) is 1. The summed E-state index contributed by atoms with van der Waals surface area (Å²) in [4.78, 5) is 11.8. The first kappa shape index (κ1) is 14.9. The highest BCUT2D eigenvalue weighted by atomic mass is 19.1. The summed E-state index contributed by atoms with van der Waals surface area (Å²) in [5.74, 6) is -0.559. The normalized spacial score (nSPS) is 11.0. The first-order valence-electron chi connectivity index (χ1n) is 7.26. The molecule has 0 unspecified atom stereocenters. The van der Waals surface area contributed by atoms with Gasteiger partial charge in [0.15, 0.2) is 0 Å². The van der Waals surface area contributed by atoms with Crippen LogP contribution in [0.4, 0.5) is 4.39 Å². The van der Waals surface area contributed by atoms with Gasteiger partial charge in [0.2, 0.25) is 5.91 Å².